The van der Waals surface area contributed by atoms with Gasteiger partial charge in [-0.25, -0.2) is 14.2 Å². The second-order valence-electron chi connectivity index (χ2n) is 8.71. The lowest BCUT2D eigenvalue weighted by Gasteiger charge is -2.18. The van der Waals surface area contributed by atoms with E-state index >= 15 is 0 Å². The van der Waals surface area contributed by atoms with E-state index in [1.807, 2.05) is 23.8 Å². The van der Waals surface area contributed by atoms with Gasteiger partial charge < -0.3 is 24.8 Å². The monoisotopic (exact) mass is 495 g/mol. The molecule has 1 aromatic heterocycles. The van der Waals surface area contributed by atoms with Gasteiger partial charge in [0, 0.05) is 37.4 Å². The maximum absolute atomic E-state index is 13.0. The Morgan fingerprint density at radius 1 is 1.17 bits per heavy atom. The summed E-state index contributed by atoms with van der Waals surface area (Å²) in [7, 11) is 1.56. The van der Waals surface area contributed by atoms with Gasteiger partial charge in [-0.05, 0) is 49.2 Å². The third-order valence-corrected chi connectivity index (χ3v) is 5.60. The highest BCUT2D eigenvalue weighted by molar-refractivity contribution is 5.95. The fraction of sp³-hybridized carbons (Fsp3) is 0.370. The highest BCUT2D eigenvalue weighted by Crippen LogP contribution is 2.25. The van der Waals surface area contributed by atoms with E-state index in [1.165, 1.54) is 18.6 Å². The molecule has 0 bridgehead atoms. The Bertz CT molecular complexity index is 1160. The summed E-state index contributed by atoms with van der Waals surface area (Å²) in [6.45, 7) is 7.43. The van der Waals surface area contributed by atoms with Crippen LogP contribution in [-0.2, 0) is 6.54 Å². The molecular formula is C27H34FN5O3. The number of benzene rings is 2. The average molecular weight is 496 g/mol. The Hall–Kier alpha value is -3.88. The first-order chi connectivity index (χ1) is 17.3. The second kappa shape index (κ2) is 12.7. The molecule has 3 amide bonds. The summed E-state index contributed by atoms with van der Waals surface area (Å²) in [6, 6.07) is 10.9. The van der Waals surface area contributed by atoms with E-state index in [2.05, 4.69) is 29.5 Å². The van der Waals surface area contributed by atoms with Crippen molar-refractivity contribution < 1.29 is 18.7 Å². The normalized spacial score (nSPS) is 14.6. The molecule has 1 aliphatic heterocycles. The summed E-state index contributed by atoms with van der Waals surface area (Å²) in [5.41, 5.74) is 2.97. The quantitative estimate of drug-likeness (QED) is 0.529. The molecule has 2 heterocycles. The Balaban J connectivity index is 0.00000115. The van der Waals surface area contributed by atoms with E-state index in [0.717, 1.165) is 16.9 Å². The van der Waals surface area contributed by atoms with E-state index in [-0.39, 0.29) is 23.8 Å². The number of carbonyl (C=O) groups is 2. The molecule has 2 aromatic carbocycles. The van der Waals surface area contributed by atoms with Crippen molar-refractivity contribution in [2.45, 2.75) is 46.2 Å². The van der Waals surface area contributed by atoms with Crippen molar-refractivity contribution in [2.75, 3.05) is 20.2 Å². The number of likely N-dealkylation sites (tertiary alicyclic amines) is 1. The number of methoxy groups -OCH3 is 1. The number of amides is 3. The molecular weight excluding hydrogens is 461 g/mol. The number of nitrogens with zero attached hydrogens (tertiary/aromatic N) is 3. The van der Waals surface area contributed by atoms with Gasteiger partial charge in [-0.3, -0.25) is 4.79 Å². The van der Waals surface area contributed by atoms with Crippen LogP contribution in [0.5, 0.6) is 5.75 Å². The number of hydrogen-bond acceptors (Lipinski definition) is 4. The zero-order valence-corrected chi connectivity index (χ0v) is 21.3. The first-order valence-electron chi connectivity index (χ1n) is 12.1. The Morgan fingerprint density at radius 2 is 1.89 bits per heavy atom. The van der Waals surface area contributed by atoms with Gasteiger partial charge in [0.05, 0.1) is 24.8 Å². The molecule has 9 heteroatoms. The van der Waals surface area contributed by atoms with Crippen LogP contribution in [0.15, 0.2) is 55.0 Å². The summed E-state index contributed by atoms with van der Waals surface area (Å²) in [5.74, 6) is 0.0285. The van der Waals surface area contributed by atoms with Gasteiger partial charge in [-0.2, -0.15) is 0 Å². The number of aromatic nitrogens is 2. The molecule has 0 aliphatic carbocycles. The van der Waals surface area contributed by atoms with Crippen LogP contribution >= 0.6 is 0 Å². The molecule has 1 unspecified atom stereocenters. The molecule has 1 fully saturated rings. The van der Waals surface area contributed by atoms with Gasteiger partial charge in [0.15, 0.2) is 0 Å². The predicted molar refractivity (Wildman–Crippen MR) is 137 cm³/mol. The van der Waals surface area contributed by atoms with E-state index in [4.69, 9.17) is 4.74 Å². The zero-order chi connectivity index (χ0) is 26.1. The minimum atomic E-state index is -0.313. The Morgan fingerprint density at radius 3 is 2.53 bits per heavy atom. The average Bonchev–Trinajstić information content (AvgIpc) is 3.52. The van der Waals surface area contributed by atoms with Gasteiger partial charge in [-0.15, -0.1) is 0 Å². The first kappa shape index (κ1) is 26.7. The third kappa shape index (κ3) is 7.07. The molecule has 0 radical (unpaired) electrons. The van der Waals surface area contributed by atoms with Crippen LogP contribution in [0.2, 0.25) is 0 Å². The summed E-state index contributed by atoms with van der Waals surface area (Å²) < 4.78 is 20.3. The number of ether oxygens (including phenoxy) is 1. The van der Waals surface area contributed by atoms with Crippen molar-refractivity contribution in [3.63, 3.8) is 0 Å². The Kier molecular flexibility index (Phi) is 9.44. The minimum Gasteiger partial charge on any atom is -0.495 e. The second-order valence-corrected chi connectivity index (χ2v) is 8.71. The molecule has 1 aliphatic rings. The van der Waals surface area contributed by atoms with E-state index in [1.54, 1.807) is 42.6 Å². The topological polar surface area (TPSA) is 88.5 Å². The molecule has 36 heavy (non-hydrogen) atoms. The molecule has 1 saturated heterocycles. The molecule has 0 saturated carbocycles. The number of nitrogens with one attached hydrogen (secondary N) is 2. The van der Waals surface area contributed by atoms with Crippen LogP contribution < -0.4 is 15.4 Å². The van der Waals surface area contributed by atoms with E-state index < -0.39 is 0 Å². The van der Waals surface area contributed by atoms with Gasteiger partial charge in [0.2, 0.25) is 0 Å². The Labute approximate surface area is 211 Å². The van der Waals surface area contributed by atoms with Crippen molar-refractivity contribution in [3.05, 3.63) is 77.6 Å². The van der Waals surface area contributed by atoms with Gasteiger partial charge in [-0.1, -0.05) is 32.4 Å². The van der Waals surface area contributed by atoms with Crippen molar-refractivity contribution >= 4 is 11.9 Å². The number of hydrogen-bond donors (Lipinski definition) is 2. The predicted octanol–water partition coefficient (Wildman–Crippen LogP) is 4.46. The molecule has 0 spiro atoms. The molecule has 8 nitrogen and oxygen atoms in total. The number of carbonyl (C=O) groups excluding carboxylic acids is 2. The van der Waals surface area contributed by atoms with Gasteiger partial charge >= 0.3 is 6.03 Å². The van der Waals surface area contributed by atoms with Crippen molar-refractivity contribution in [1.29, 1.82) is 0 Å². The van der Waals surface area contributed by atoms with Crippen LogP contribution in [0.4, 0.5) is 9.18 Å². The van der Waals surface area contributed by atoms with Crippen molar-refractivity contribution in [1.82, 2.24) is 25.1 Å². The van der Waals surface area contributed by atoms with Gasteiger partial charge in [0.1, 0.15) is 11.6 Å². The summed E-state index contributed by atoms with van der Waals surface area (Å²) >= 11 is 0. The lowest BCUT2D eigenvalue weighted by atomic mass is 10.1. The molecule has 3 aromatic rings. The summed E-state index contributed by atoms with van der Waals surface area (Å²) in [6.07, 6.45) is 5.49. The van der Waals surface area contributed by atoms with Crippen molar-refractivity contribution in [3.8, 4) is 11.4 Å². The highest BCUT2D eigenvalue weighted by atomic mass is 19.1. The lowest BCUT2D eigenvalue weighted by Crippen LogP contribution is -2.42. The largest absolute Gasteiger partial charge is 0.495 e. The number of rotatable bonds is 6. The standard InChI is InChI=1S/C24H26FN5O3.C3H8/c1-16-13-30(15-27-16)21-8-5-18(11-22(21)33-2)23(31)28-20-9-10-29(14-20)24(32)26-12-17-3-6-19(25)7-4-17;1-3-2/h3-8,11,13,15,20H,9-10,12,14H2,1-2H3,(H,26,32)(H,28,31);3H2,1-2H3. The van der Waals surface area contributed by atoms with Gasteiger partial charge in [0.25, 0.3) is 5.91 Å². The number of imidazole rings is 1. The fourth-order valence-corrected chi connectivity index (χ4v) is 3.81. The van der Waals surface area contributed by atoms with Crippen LogP contribution in [0, 0.1) is 12.7 Å². The molecule has 1 atom stereocenters. The summed E-state index contributed by atoms with van der Waals surface area (Å²) in [4.78, 5) is 31.1. The maximum Gasteiger partial charge on any atom is 0.317 e. The van der Waals surface area contributed by atoms with Crippen LogP contribution in [0.25, 0.3) is 5.69 Å². The number of halogens is 1. The molecule has 4 rings (SSSR count). The highest BCUT2D eigenvalue weighted by Gasteiger charge is 2.27. The van der Waals surface area contributed by atoms with E-state index in [9.17, 15) is 14.0 Å². The minimum absolute atomic E-state index is 0.143. The first-order valence-corrected chi connectivity index (χ1v) is 12.1. The lowest BCUT2D eigenvalue weighted by molar-refractivity contribution is 0.0937. The van der Waals surface area contributed by atoms with E-state index in [0.29, 0.717) is 37.4 Å². The smallest absolute Gasteiger partial charge is 0.317 e. The SMILES string of the molecule is CCC.COc1cc(C(=O)NC2CCN(C(=O)NCc3ccc(F)cc3)C2)ccc1-n1cnc(C)c1. The van der Waals surface area contributed by atoms with Crippen LogP contribution in [0.3, 0.4) is 0 Å². The number of aryl methyl sites for hydroxylation is 1. The molecule has 192 valence electrons. The zero-order valence-electron chi connectivity index (χ0n) is 21.3. The maximum atomic E-state index is 13.0. The van der Waals surface area contributed by atoms with Crippen molar-refractivity contribution in [2.24, 2.45) is 0 Å². The third-order valence-electron chi connectivity index (χ3n) is 5.60. The number of urea groups is 1. The van der Waals surface area contributed by atoms with Crippen LogP contribution in [0.1, 0.15) is 48.3 Å². The fourth-order valence-electron chi connectivity index (χ4n) is 3.81. The summed E-state index contributed by atoms with van der Waals surface area (Å²) in [5, 5.41) is 5.83. The van der Waals surface area contributed by atoms with Crippen LogP contribution in [-0.4, -0.2) is 52.6 Å². The molecule has 2 N–H and O–H groups in total.